The molecule has 1 saturated carbocycles. The SMILES string of the molecule is CC1(N)CCC2(CCCC2)CCN1. The van der Waals surface area contributed by atoms with E-state index in [1.54, 1.807) is 0 Å². The molecule has 1 unspecified atom stereocenters. The summed E-state index contributed by atoms with van der Waals surface area (Å²) in [6.45, 7) is 3.24. The fraction of sp³-hybridized carbons (Fsp3) is 1.00. The van der Waals surface area contributed by atoms with Gasteiger partial charge in [-0.1, -0.05) is 12.8 Å². The first-order valence-corrected chi connectivity index (χ1v) is 5.66. The minimum Gasteiger partial charge on any atom is -0.314 e. The Bertz CT molecular complexity index is 181. The molecule has 0 aromatic carbocycles. The zero-order valence-corrected chi connectivity index (χ0v) is 8.73. The van der Waals surface area contributed by atoms with Gasteiger partial charge in [0.05, 0.1) is 5.66 Å². The van der Waals surface area contributed by atoms with Gasteiger partial charge in [-0.25, -0.2) is 0 Å². The Kier molecular flexibility index (Phi) is 2.37. The van der Waals surface area contributed by atoms with Crippen LogP contribution in [0.1, 0.15) is 51.9 Å². The summed E-state index contributed by atoms with van der Waals surface area (Å²) in [6, 6.07) is 0. The van der Waals surface area contributed by atoms with Crippen LogP contribution in [0.3, 0.4) is 0 Å². The number of hydrogen-bond acceptors (Lipinski definition) is 2. The molecule has 0 amide bonds. The van der Waals surface area contributed by atoms with Gasteiger partial charge in [0.25, 0.3) is 0 Å². The summed E-state index contributed by atoms with van der Waals surface area (Å²) in [5.41, 5.74) is 6.68. The Morgan fingerprint density at radius 2 is 1.69 bits per heavy atom. The van der Waals surface area contributed by atoms with E-state index in [-0.39, 0.29) is 5.66 Å². The summed E-state index contributed by atoms with van der Waals surface area (Å²) >= 11 is 0. The molecule has 2 rings (SSSR count). The molecule has 1 saturated heterocycles. The van der Waals surface area contributed by atoms with Gasteiger partial charge in [0.2, 0.25) is 0 Å². The van der Waals surface area contributed by atoms with Crippen molar-refractivity contribution in [3.05, 3.63) is 0 Å². The molecule has 2 fully saturated rings. The van der Waals surface area contributed by atoms with E-state index in [1.807, 2.05) is 0 Å². The third-order valence-corrected chi connectivity index (χ3v) is 4.02. The lowest BCUT2D eigenvalue weighted by atomic mass is 9.78. The third kappa shape index (κ3) is 2.05. The van der Waals surface area contributed by atoms with Crippen molar-refractivity contribution in [2.24, 2.45) is 11.1 Å². The zero-order valence-electron chi connectivity index (χ0n) is 8.73. The first kappa shape index (κ1) is 9.47. The zero-order chi connectivity index (χ0) is 9.36. The number of nitrogens with two attached hydrogens (primary N) is 1. The second kappa shape index (κ2) is 3.25. The Morgan fingerprint density at radius 3 is 2.38 bits per heavy atom. The van der Waals surface area contributed by atoms with Gasteiger partial charge in [-0.15, -0.1) is 0 Å². The molecule has 0 aromatic rings. The first-order valence-electron chi connectivity index (χ1n) is 5.66. The molecule has 2 heteroatoms. The monoisotopic (exact) mass is 182 g/mol. The molecule has 13 heavy (non-hydrogen) atoms. The summed E-state index contributed by atoms with van der Waals surface area (Å²) < 4.78 is 0. The van der Waals surface area contributed by atoms with Gasteiger partial charge in [0, 0.05) is 0 Å². The molecule has 76 valence electrons. The largest absolute Gasteiger partial charge is 0.314 e. The van der Waals surface area contributed by atoms with Crippen molar-refractivity contribution in [1.29, 1.82) is 0 Å². The predicted molar refractivity (Wildman–Crippen MR) is 55.3 cm³/mol. The van der Waals surface area contributed by atoms with Crippen LogP contribution in [-0.4, -0.2) is 12.2 Å². The van der Waals surface area contributed by atoms with Gasteiger partial charge in [0.1, 0.15) is 0 Å². The van der Waals surface area contributed by atoms with E-state index in [4.69, 9.17) is 5.73 Å². The minimum atomic E-state index is -0.105. The van der Waals surface area contributed by atoms with Crippen LogP contribution in [0.2, 0.25) is 0 Å². The van der Waals surface area contributed by atoms with Crippen LogP contribution in [0.15, 0.2) is 0 Å². The number of hydrogen-bond donors (Lipinski definition) is 2. The molecule has 1 aliphatic carbocycles. The van der Waals surface area contributed by atoms with E-state index in [9.17, 15) is 0 Å². The van der Waals surface area contributed by atoms with Crippen molar-refractivity contribution in [3.63, 3.8) is 0 Å². The van der Waals surface area contributed by atoms with E-state index in [0.29, 0.717) is 5.41 Å². The van der Waals surface area contributed by atoms with E-state index in [2.05, 4.69) is 12.2 Å². The lowest BCUT2D eigenvalue weighted by Gasteiger charge is -2.27. The Labute approximate surface area is 81.3 Å². The normalized spacial score (nSPS) is 39.2. The summed E-state index contributed by atoms with van der Waals surface area (Å²) in [6.07, 6.45) is 9.62. The summed E-state index contributed by atoms with van der Waals surface area (Å²) in [5.74, 6) is 0. The molecule has 2 aliphatic rings. The summed E-state index contributed by atoms with van der Waals surface area (Å²) in [7, 11) is 0. The lowest BCUT2D eigenvalue weighted by molar-refractivity contribution is 0.251. The molecular weight excluding hydrogens is 160 g/mol. The molecule has 3 N–H and O–H groups in total. The molecule has 1 heterocycles. The molecule has 1 atom stereocenters. The van der Waals surface area contributed by atoms with Crippen molar-refractivity contribution in [3.8, 4) is 0 Å². The van der Waals surface area contributed by atoms with Gasteiger partial charge in [-0.3, -0.25) is 5.32 Å². The highest BCUT2D eigenvalue weighted by molar-refractivity contribution is 4.92. The van der Waals surface area contributed by atoms with Crippen molar-refractivity contribution < 1.29 is 0 Å². The quantitative estimate of drug-likeness (QED) is 0.601. The van der Waals surface area contributed by atoms with Gasteiger partial charge >= 0.3 is 0 Å². The van der Waals surface area contributed by atoms with Crippen LogP contribution < -0.4 is 11.1 Å². The number of rotatable bonds is 0. The Balaban J connectivity index is 2.01. The van der Waals surface area contributed by atoms with E-state index >= 15 is 0 Å². The van der Waals surface area contributed by atoms with Crippen molar-refractivity contribution in [2.45, 2.75) is 57.5 Å². The van der Waals surface area contributed by atoms with Crippen LogP contribution >= 0.6 is 0 Å². The van der Waals surface area contributed by atoms with Crippen LogP contribution in [0, 0.1) is 5.41 Å². The molecule has 0 bridgehead atoms. The Morgan fingerprint density at radius 1 is 1.00 bits per heavy atom. The van der Waals surface area contributed by atoms with Gasteiger partial charge in [0.15, 0.2) is 0 Å². The molecule has 2 nitrogen and oxygen atoms in total. The summed E-state index contributed by atoms with van der Waals surface area (Å²) in [5, 5.41) is 3.45. The lowest BCUT2D eigenvalue weighted by Crippen LogP contribution is -2.49. The standard InChI is InChI=1S/C11H22N2/c1-10(12)6-7-11(8-9-13-10)4-2-3-5-11/h13H,2-9,12H2,1H3. The summed E-state index contributed by atoms with van der Waals surface area (Å²) in [4.78, 5) is 0. The van der Waals surface area contributed by atoms with Gasteiger partial charge in [-0.05, 0) is 51.0 Å². The minimum absolute atomic E-state index is 0.105. The van der Waals surface area contributed by atoms with Gasteiger partial charge < -0.3 is 5.73 Å². The maximum absolute atomic E-state index is 6.12. The third-order valence-electron chi connectivity index (χ3n) is 4.02. The van der Waals surface area contributed by atoms with Gasteiger partial charge in [-0.2, -0.15) is 0 Å². The van der Waals surface area contributed by atoms with Crippen molar-refractivity contribution in [1.82, 2.24) is 5.32 Å². The molecular formula is C11H22N2. The predicted octanol–water partition coefficient (Wildman–Crippen LogP) is 2.00. The van der Waals surface area contributed by atoms with Crippen LogP contribution in [0.25, 0.3) is 0 Å². The van der Waals surface area contributed by atoms with Crippen LogP contribution in [0.4, 0.5) is 0 Å². The van der Waals surface area contributed by atoms with Crippen LogP contribution in [0.5, 0.6) is 0 Å². The van der Waals surface area contributed by atoms with Crippen molar-refractivity contribution in [2.75, 3.05) is 6.54 Å². The second-order valence-corrected chi connectivity index (χ2v) is 5.30. The first-order chi connectivity index (χ1) is 6.12. The highest BCUT2D eigenvalue weighted by atomic mass is 15.1. The second-order valence-electron chi connectivity index (χ2n) is 5.30. The molecule has 0 radical (unpaired) electrons. The van der Waals surface area contributed by atoms with Crippen LogP contribution in [-0.2, 0) is 0 Å². The molecule has 0 aromatic heterocycles. The average Bonchev–Trinajstić information content (AvgIpc) is 2.44. The number of nitrogens with one attached hydrogen (secondary N) is 1. The molecule has 1 aliphatic heterocycles. The maximum atomic E-state index is 6.12. The average molecular weight is 182 g/mol. The fourth-order valence-corrected chi connectivity index (χ4v) is 2.98. The maximum Gasteiger partial charge on any atom is 0.0633 e. The van der Waals surface area contributed by atoms with E-state index in [1.165, 1.54) is 38.5 Å². The smallest absolute Gasteiger partial charge is 0.0633 e. The molecule has 1 spiro atoms. The van der Waals surface area contributed by atoms with E-state index in [0.717, 1.165) is 13.0 Å². The fourth-order valence-electron chi connectivity index (χ4n) is 2.98. The van der Waals surface area contributed by atoms with Crippen molar-refractivity contribution >= 4 is 0 Å². The Hall–Kier alpha value is -0.0800. The topological polar surface area (TPSA) is 38.0 Å². The highest BCUT2D eigenvalue weighted by Crippen LogP contribution is 2.46. The van der Waals surface area contributed by atoms with E-state index < -0.39 is 0 Å². The highest BCUT2D eigenvalue weighted by Gasteiger charge is 2.37.